The minimum Gasteiger partial charge on any atom is -0.497 e. The topological polar surface area (TPSA) is 38.3 Å². The number of carbonyl (C=O) groups is 1. The van der Waals surface area contributed by atoms with Crippen molar-refractivity contribution < 1.29 is 9.53 Å². The molecule has 0 saturated heterocycles. The van der Waals surface area contributed by atoms with E-state index in [-0.39, 0.29) is 5.91 Å². The second-order valence-electron chi connectivity index (χ2n) is 4.47. The lowest BCUT2D eigenvalue weighted by Gasteiger charge is -2.04. The average molecular weight is 279 g/mol. The zero-order chi connectivity index (χ0) is 14.9. The van der Waals surface area contributed by atoms with E-state index in [1.54, 1.807) is 7.11 Å². The first kappa shape index (κ1) is 14.7. The summed E-state index contributed by atoms with van der Waals surface area (Å²) >= 11 is 0. The van der Waals surface area contributed by atoms with Crippen molar-refractivity contribution in [3.63, 3.8) is 0 Å². The molecule has 0 atom stereocenters. The third kappa shape index (κ3) is 5.04. The van der Waals surface area contributed by atoms with Crippen LogP contribution in [0.3, 0.4) is 0 Å². The molecule has 0 bridgehead atoms. The van der Waals surface area contributed by atoms with Crippen LogP contribution in [0.4, 0.5) is 0 Å². The van der Waals surface area contributed by atoms with Crippen molar-refractivity contribution in [1.29, 1.82) is 0 Å². The zero-order valence-electron chi connectivity index (χ0n) is 11.9. The molecular weight excluding hydrogens is 262 g/mol. The number of amides is 1. The second kappa shape index (κ2) is 7.76. The highest BCUT2D eigenvalue weighted by Gasteiger charge is 2.02. The predicted octanol–water partition coefficient (Wildman–Crippen LogP) is 2.41. The lowest BCUT2D eigenvalue weighted by atomic mass is 10.1. The van der Waals surface area contributed by atoms with E-state index in [4.69, 9.17) is 4.74 Å². The fourth-order valence-electron chi connectivity index (χ4n) is 1.84. The van der Waals surface area contributed by atoms with Crippen LogP contribution in [-0.2, 0) is 11.2 Å². The van der Waals surface area contributed by atoms with Gasteiger partial charge in [-0.25, -0.2) is 0 Å². The maximum absolute atomic E-state index is 11.8. The number of carbonyl (C=O) groups excluding carboxylic acids is 1. The van der Waals surface area contributed by atoms with Crippen LogP contribution in [0.25, 0.3) is 0 Å². The molecule has 1 N–H and O–H groups in total. The van der Waals surface area contributed by atoms with Crippen LogP contribution >= 0.6 is 0 Å². The fraction of sp³-hybridized carbons (Fsp3) is 0.167. The van der Waals surface area contributed by atoms with Gasteiger partial charge in [-0.2, -0.15) is 0 Å². The Morgan fingerprint density at radius 2 is 1.95 bits per heavy atom. The van der Waals surface area contributed by atoms with E-state index >= 15 is 0 Å². The van der Waals surface area contributed by atoms with Gasteiger partial charge in [-0.1, -0.05) is 42.2 Å². The van der Waals surface area contributed by atoms with Gasteiger partial charge in [0.2, 0.25) is 5.91 Å². The molecule has 0 heterocycles. The van der Waals surface area contributed by atoms with Crippen molar-refractivity contribution in [3.05, 3.63) is 65.7 Å². The molecule has 0 aliphatic heterocycles. The SMILES string of the molecule is COc1cccc(CC(=O)NCC#Cc2ccccc2)c1. The first-order valence-corrected chi connectivity index (χ1v) is 6.71. The van der Waals surface area contributed by atoms with Gasteiger partial charge in [-0.3, -0.25) is 4.79 Å². The first-order valence-electron chi connectivity index (χ1n) is 6.71. The van der Waals surface area contributed by atoms with Crippen molar-refractivity contribution in [2.45, 2.75) is 6.42 Å². The van der Waals surface area contributed by atoms with Crippen LogP contribution in [0.15, 0.2) is 54.6 Å². The Balaban J connectivity index is 1.81. The number of rotatable bonds is 4. The van der Waals surface area contributed by atoms with Crippen LogP contribution in [0.2, 0.25) is 0 Å². The molecule has 2 aromatic carbocycles. The molecule has 3 heteroatoms. The van der Waals surface area contributed by atoms with Crippen LogP contribution in [-0.4, -0.2) is 19.6 Å². The molecule has 0 aromatic heterocycles. The van der Waals surface area contributed by atoms with Crippen LogP contribution in [0.5, 0.6) is 5.75 Å². The number of hydrogen-bond donors (Lipinski definition) is 1. The lowest BCUT2D eigenvalue weighted by molar-refractivity contribution is -0.120. The van der Waals surface area contributed by atoms with Crippen molar-refractivity contribution in [3.8, 4) is 17.6 Å². The number of nitrogens with one attached hydrogen (secondary N) is 1. The predicted molar refractivity (Wildman–Crippen MR) is 83.0 cm³/mol. The van der Waals surface area contributed by atoms with Crippen LogP contribution in [0.1, 0.15) is 11.1 Å². The molecule has 2 aromatic rings. The van der Waals surface area contributed by atoms with E-state index in [9.17, 15) is 4.79 Å². The van der Waals surface area contributed by atoms with E-state index in [1.807, 2.05) is 54.6 Å². The first-order chi connectivity index (χ1) is 10.3. The normalized spacial score (nSPS) is 9.38. The molecule has 106 valence electrons. The molecule has 0 fully saturated rings. The molecular formula is C18H17NO2. The van der Waals surface area contributed by atoms with Gasteiger partial charge in [0.15, 0.2) is 0 Å². The number of ether oxygens (including phenoxy) is 1. The van der Waals surface area contributed by atoms with Crippen molar-refractivity contribution >= 4 is 5.91 Å². The largest absolute Gasteiger partial charge is 0.497 e. The molecule has 0 saturated carbocycles. The second-order valence-corrected chi connectivity index (χ2v) is 4.47. The summed E-state index contributed by atoms with van der Waals surface area (Å²) in [5.74, 6) is 6.64. The Morgan fingerprint density at radius 3 is 2.71 bits per heavy atom. The summed E-state index contributed by atoms with van der Waals surface area (Å²) in [7, 11) is 1.61. The van der Waals surface area contributed by atoms with Crippen molar-refractivity contribution in [1.82, 2.24) is 5.32 Å². The summed E-state index contributed by atoms with van der Waals surface area (Å²) in [4.78, 5) is 11.8. The summed E-state index contributed by atoms with van der Waals surface area (Å²) in [5, 5.41) is 2.79. The molecule has 0 aliphatic carbocycles. The van der Waals surface area contributed by atoms with Gasteiger partial charge in [0.1, 0.15) is 5.75 Å². The zero-order valence-corrected chi connectivity index (χ0v) is 11.9. The van der Waals surface area contributed by atoms with Crippen molar-refractivity contribution in [2.75, 3.05) is 13.7 Å². The van der Waals surface area contributed by atoms with E-state index in [1.165, 1.54) is 0 Å². The molecule has 3 nitrogen and oxygen atoms in total. The average Bonchev–Trinajstić information content (AvgIpc) is 2.53. The van der Waals surface area contributed by atoms with Crippen LogP contribution in [0, 0.1) is 11.8 Å². The number of methoxy groups -OCH3 is 1. The Labute approximate surface area is 125 Å². The summed E-state index contributed by atoms with van der Waals surface area (Å²) in [6.45, 7) is 0.345. The number of hydrogen-bond acceptors (Lipinski definition) is 2. The molecule has 0 radical (unpaired) electrons. The fourth-order valence-corrected chi connectivity index (χ4v) is 1.84. The standard InChI is InChI=1S/C18H17NO2/c1-21-17-11-5-9-16(13-17)14-18(20)19-12-6-10-15-7-3-2-4-8-15/h2-5,7-9,11,13H,12,14H2,1H3,(H,19,20). The molecule has 1 amide bonds. The van der Waals surface area contributed by atoms with E-state index < -0.39 is 0 Å². The maximum atomic E-state index is 11.8. The summed E-state index contributed by atoms with van der Waals surface area (Å²) < 4.78 is 5.13. The Kier molecular flexibility index (Phi) is 5.42. The quantitative estimate of drug-likeness (QED) is 0.873. The van der Waals surface area contributed by atoms with Gasteiger partial charge < -0.3 is 10.1 Å². The third-order valence-electron chi connectivity index (χ3n) is 2.88. The Bertz CT molecular complexity index is 654. The highest BCUT2D eigenvalue weighted by Crippen LogP contribution is 2.12. The van der Waals surface area contributed by atoms with E-state index in [0.29, 0.717) is 13.0 Å². The molecule has 0 unspecified atom stereocenters. The van der Waals surface area contributed by atoms with Gasteiger partial charge in [0, 0.05) is 5.56 Å². The highest BCUT2D eigenvalue weighted by molar-refractivity contribution is 5.78. The van der Waals surface area contributed by atoms with Gasteiger partial charge >= 0.3 is 0 Å². The summed E-state index contributed by atoms with van der Waals surface area (Å²) in [5.41, 5.74) is 1.86. The third-order valence-corrected chi connectivity index (χ3v) is 2.88. The summed E-state index contributed by atoms with van der Waals surface area (Å²) in [6.07, 6.45) is 0.324. The minimum atomic E-state index is -0.0504. The lowest BCUT2D eigenvalue weighted by Crippen LogP contribution is -2.25. The monoisotopic (exact) mass is 279 g/mol. The van der Waals surface area contributed by atoms with Gasteiger partial charge in [-0.15, -0.1) is 0 Å². The summed E-state index contributed by atoms with van der Waals surface area (Å²) in [6, 6.07) is 17.2. The molecule has 0 aliphatic rings. The van der Waals surface area contributed by atoms with E-state index in [0.717, 1.165) is 16.9 Å². The molecule has 0 spiro atoms. The molecule has 2 rings (SSSR count). The maximum Gasteiger partial charge on any atom is 0.225 e. The van der Waals surface area contributed by atoms with Gasteiger partial charge in [0.05, 0.1) is 20.1 Å². The van der Waals surface area contributed by atoms with E-state index in [2.05, 4.69) is 17.2 Å². The van der Waals surface area contributed by atoms with Gasteiger partial charge in [-0.05, 0) is 29.8 Å². The number of benzene rings is 2. The smallest absolute Gasteiger partial charge is 0.225 e. The Morgan fingerprint density at radius 1 is 1.14 bits per heavy atom. The van der Waals surface area contributed by atoms with Gasteiger partial charge in [0.25, 0.3) is 0 Å². The Hall–Kier alpha value is -2.73. The highest BCUT2D eigenvalue weighted by atomic mass is 16.5. The van der Waals surface area contributed by atoms with Crippen molar-refractivity contribution in [2.24, 2.45) is 0 Å². The minimum absolute atomic E-state index is 0.0504. The van der Waals surface area contributed by atoms with Crippen LogP contribution < -0.4 is 10.1 Å². The molecule has 21 heavy (non-hydrogen) atoms.